The minimum atomic E-state index is -4.34. The van der Waals surface area contributed by atoms with E-state index in [2.05, 4.69) is 15.3 Å². The summed E-state index contributed by atoms with van der Waals surface area (Å²) in [5.74, 6) is 6.82. The fourth-order valence-electron chi connectivity index (χ4n) is 2.28. The van der Waals surface area contributed by atoms with Gasteiger partial charge in [0.1, 0.15) is 0 Å². The van der Waals surface area contributed by atoms with E-state index in [0.29, 0.717) is 16.9 Å². The van der Waals surface area contributed by atoms with E-state index in [0.717, 1.165) is 29.1 Å². The lowest BCUT2D eigenvalue weighted by Crippen LogP contribution is -2.17. The fourth-order valence-corrected chi connectivity index (χ4v) is 3.09. The second-order valence-electron chi connectivity index (χ2n) is 5.47. The van der Waals surface area contributed by atoms with Crippen LogP contribution >= 0.6 is 11.8 Å². The highest BCUT2D eigenvalue weighted by molar-refractivity contribution is 7.98. The molecule has 0 unspecified atom stereocenters. The number of rotatable bonds is 4. The summed E-state index contributed by atoms with van der Waals surface area (Å²) in [6, 6.07) is 6.89. The number of nitrogen functional groups attached to an aromatic ring is 1. The summed E-state index contributed by atoms with van der Waals surface area (Å²) in [4.78, 5) is 0. The van der Waals surface area contributed by atoms with Crippen LogP contribution in [0.1, 0.15) is 22.5 Å². The molecule has 0 saturated heterocycles. The number of halogens is 3. The summed E-state index contributed by atoms with van der Waals surface area (Å²) in [5, 5.41) is 12.8. The molecule has 0 amide bonds. The molecule has 0 atom stereocenters. The highest BCUT2D eigenvalue weighted by atomic mass is 32.2. The average molecular weight is 368 g/mol. The first kappa shape index (κ1) is 17.3. The normalized spacial score (nSPS) is 11.9. The standard InChI is InChI=1S/C15H15F3N6S/c1-9-7-10(2)24(22-9)13-20-21-14(23(13)19)25-8-11-3-5-12(6-4-11)15(16,17)18/h3-7H,8,19H2,1-2H3. The maximum absolute atomic E-state index is 12.6. The SMILES string of the molecule is Cc1cc(C)n(-c2nnc(SCc3ccc(C(F)(F)F)cc3)n2N)n1. The molecule has 3 rings (SSSR count). The molecule has 0 spiro atoms. The number of thioether (sulfide) groups is 1. The van der Waals surface area contributed by atoms with Crippen LogP contribution in [0.15, 0.2) is 35.5 Å². The van der Waals surface area contributed by atoms with Crippen LogP contribution < -0.4 is 5.84 Å². The molecule has 132 valence electrons. The predicted octanol–water partition coefficient (Wildman–Crippen LogP) is 3.11. The van der Waals surface area contributed by atoms with Gasteiger partial charge in [-0.15, -0.1) is 10.2 Å². The van der Waals surface area contributed by atoms with Gasteiger partial charge in [0, 0.05) is 11.4 Å². The number of aryl methyl sites for hydroxylation is 2. The number of nitrogens with two attached hydrogens (primary N) is 1. The Bertz CT molecular complexity index is 882. The largest absolute Gasteiger partial charge is 0.416 e. The lowest BCUT2D eigenvalue weighted by atomic mass is 10.1. The van der Waals surface area contributed by atoms with E-state index in [1.54, 1.807) is 4.68 Å². The topological polar surface area (TPSA) is 74.5 Å². The van der Waals surface area contributed by atoms with E-state index in [1.807, 2.05) is 19.9 Å². The Morgan fingerprint density at radius 1 is 1.12 bits per heavy atom. The van der Waals surface area contributed by atoms with Crippen molar-refractivity contribution in [2.45, 2.75) is 30.9 Å². The van der Waals surface area contributed by atoms with Gasteiger partial charge >= 0.3 is 6.18 Å². The van der Waals surface area contributed by atoms with Crippen LogP contribution in [0.25, 0.3) is 5.95 Å². The Hall–Kier alpha value is -2.49. The second-order valence-corrected chi connectivity index (χ2v) is 6.42. The van der Waals surface area contributed by atoms with Gasteiger partial charge in [0.25, 0.3) is 5.95 Å². The zero-order chi connectivity index (χ0) is 18.2. The lowest BCUT2D eigenvalue weighted by molar-refractivity contribution is -0.137. The van der Waals surface area contributed by atoms with Crippen molar-refractivity contribution in [3.8, 4) is 5.95 Å². The van der Waals surface area contributed by atoms with Crippen LogP contribution in [0.4, 0.5) is 13.2 Å². The van der Waals surface area contributed by atoms with E-state index in [1.165, 1.54) is 28.6 Å². The molecule has 0 aliphatic heterocycles. The quantitative estimate of drug-likeness (QED) is 0.566. The van der Waals surface area contributed by atoms with Gasteiger partial charge < -0.3 is 5.84 Å². The van der Waals surface area contributed by atoms with Crippen molar-refractivity contribution in [3.63, 3.8) is 0 Å². The van der Waals surface area contributed by atoms with Gasteiger partial charge in [-0.05, 0) is 37.6 Å². The van der Waals surface area contributed by atoms with Crippen molar-refractivity contribution < 1.29 is 13.2 Å². The molecule has 2 N–H and O–H groups in total. The van der Waals surface area contributed by atoms with Gasteiger partial charge in [0.2, 0.25) is 5.16 Å². The monoisotopic (exact) mass is 368 g/mol. The molecule has 2 heterocycles. The molecule has 0 aliphatic carbocycles. The number of benzene rings is 1. The molecule has 0 fully saturated rings. The molecule has 25 heavy (non-hydrogen) atoms. The third-order valence-corrected chi connectivity index (χ3v) is 4.51. The van der Waals surface area contributed by atoms with Gasteiger partial charge in [-0.25, -0.2) is 9.36 Å². The number of aromatic nitrogens is 5. The van der Waals surface area contributed by atoms with Crippen molar-refractivity contribution in [2.24, 2.45) is 0 Å². The van der Waals surface area contributed by atoms with Crippen molar-refractivity contribution in [2.75, 3.05) is 5.84 Å². The van der Waals surface area contributed by atoms with Crippen molar-refractivity contribution in [3.05, 3.63) is 52.8 Å². The van der Waals surface area contributed by atoms with E-state index in [-0.39, 0.29) is 0 Å². The predicted molar refractivity (Wildman–Crippen MR) is 87.8 cm³/mol. The van der Waals surface area contributed by atoms with Gasteiger partial charge in [0.05, 0.1) is 11.3 Å². The molecule has 10 heteroatoms. The zero-order valence-electron chi connectivity index (χ0n) is 13.4. The van der Waals surface area contributed by atoms with Gasteiger partial charge in [-0.3, -0.25) is 0 Å². The third-order valence-electron chi connectivity index (χ3n) is 3.49. The first-order chi connectivity index (χ1) is 11.8. The number of hydrogen-bond acceptors (Lipinski definition) is 5. The zero-order valence-corrected chi connectivity index (χ0v) is 14.3. The van der Waals surface area contributed by atoms with E-state index in [9.17, 15) is 13.2 Å². The summed E-state index contributed by atoms with van der Waals surface area (Å²) in [7, 11) is 0. The van der Waals surface area contributed by atoms with Crippen LogP contribution in [0.5, 0.6) is 0 Å². The molecule has 0 saturated carbocycles. The summed E-state index contributed by atoms with van der Waals surface area (Å²) in [6.45, 7) is 3.74. The molecule has 0 bridgehead atoms. The summed E-state index contributed by atoms with van der Waals surface area (Å²) >= 11 is 1.28. The molecule has 1 aromatic carbocycles. The molecular formula is C15H15F3N6S. The Labute approximate surface area is 145 Å². The Kier molecular flexibility index (Phi) is 4.46. The first-order valence-corrected chi connectivity index (χ1v) is 8.27. The van der Waals surface area contributed by atoms with Crippen LogP contribution in [0.3, 0.4) is 0 Å². The van der Waals surface area contributed by atoms with Crippen molar-refractivity contribution in [1.82, 2.24) is 24.7 Å². The summed E-state index contributed by atoms with van der Waals surface area (Å²) in [6.07, 6.45) is -4.34. The lowest BCUT2D eigenvalue weighted by Gasteiger charge is -2.07. The first-order valence-electron chi connectivity index (χ1n) is 7.29. The fraction of sp³-hybridized carbons (Fsp3) is 0.267. The molecular weight excluding hydrogens is 353 g/mol. The average Bonchev–Trinajstić information content (AvgIpc) is 3.06. The van der Waals surface area contributed by atoms with E-state index in [4.69, 9.17) is 5.84 Å². The minimum Gasteiger partial charge on any atom is -0.334 e. The summed E-state index contributed by atoms with van der Waals surface area (Å²) < 4.78 is 40.6. The van der Waals surface area contributed by atoms with Gasteiger partial charge in [-0.2, -0.15) is 18.3 Å². The Morgan fingerprint density at radius 2 is 1.80 bits per heavy atom. The summed E-state index contributed by atoms with van der Waals surface area (Å²) in [5.41, 5.74) is 1.76. The Morgan fingerprint density at radius 3 is 2.36 bits per heavy atom. The molecule has 0 aliphatic rings. The highest BCUT2D eigenvalue weighted by Gasteiger charge is 2.29. The Balaban J connectivity index is 1.73. The minimum absolute atomic E-state index is 0.375. The van der Waals surface area contributed by atoms with Crippen molar-refractivity contribution >= 4 is 11.8 Å². The second kappa shape index (κ2) is 6.43. The molecule has 0 radical (unpaired) electrons. The van der Waals surface area contributed by atoms with Gasteiger partial charge in [0.15, 0.2) is 0 Å². The molecule has 3 aromatic rings. The number of alkyl halides is 3. The maximum atomic E-state index is 12.6. The molecule has 2 aromatic heterocycles. The maximum Gasteiger partial charge on any atom is 0.416 e. The van der Waals surface area contributed by atoms with Crippen LogP contribution in [0, 0.1) is 13.8 Å². The molecule has 6 nitrogen and oxygen atoms in total. The van der Waals surface area contributed by atoms with Crippen LogP contribution in [-0.2, 0) is 11.9 Å². The van der Waals surface area contributed by atoms with Crippen LogP contribution in [-0.4, -0.2) is 24.7 Å². The van der Waals surface area contributed by atoms with E-state index >= 15 is 0 Å². The van der Waals surface area contributed by atoms with E-state index < -0.39 is 11.7 Å². The number of nitrogens with zero attached hydrogens (tertiary/aromatic N) is 5. The third kappa shape index (κ3) is 3.63. The van der Waals surface area contributed by atoms with Gasteiger partial charge in [-0.1, -0.05) is 23.9 Å². The van der Waals surface area contributed by atoms with Crippen molar-refractivity contribution in [1.29, 1.82) is 0 Å². The number of hydrogen-bond donors (Lipinski definition) is 1. The highest BCUT2D eigenvalue weighted by Crippen LogP contribution is 2.30. The smallest absolute Gasteiger partial charge is 0.334 e. The van der Waals surface area contributed by atoms with Crippen LogP contribution in [0.2, 0.25) is 0 Å².